The second-order valence-corrected chi connectivity index (χ2v) is 5.34. The average Bonchev–Trinajstić information content (AvgIpc) is 2.57. The summed E-state index contributed by atoms with van der Waals surface area (Å²) < 4.78 is 12.4. The molecule has 2 aromatic heterocycles. The Bertz CT molecular complexity index is 631. The minimum atomic E-state index is -3.67. The van der Waals surface area contributed by atoms with E-state index in [0.29, 0.717) is 5.56 Å². The van der Waals surface area contributed by atoms with Gasteiger partial charge in [-0.15, -0.1) is 0 Å². The maximum absolute atomic E-state index is 11.0. The Morgan fingerprint density at radius 1 is 1.53 bits per heavy atom. The molecule has 0 aliphatic rings. The number of imidazole rings is 1. The molecule has 8 nitrogen and oxygen atoms in total. The van der Waals surface area contributed by atoms with E-state index in [-0.39, 0.29) is 17.6 Å². The van der Waals surface area contributed by atoms with Gasteiger partial charge in [0.05, 0.1) is 6.16 Å². The molecule has 0 aromatic carbocycles. The minimum Gasteiger partial charge on any atom is -0.476 e. The monoisotopic (exact) mass is 256 g/mol. The molecule has 17 heavy (non-hydrogen) atoms. The number of carboxylic acids is 1. The first kappa shape index (κ1) is 11.7. The zero-order valence-electron chi connectivity index (χ0n) is 8.52. The summed E-state index contributed by atoms with van der Waals surface area (Å²) in [5.74, 6) is -0.959. The summed E-state index contributed by atoms with van der Waals surface area (Å²) in [4.78, 5) is 27.3. The highest BCUT2D eigenvalue weighted by atomic mass is 31.2. The van der Waals surface area contributed by atoms with Crippen LogP contribution in [-0.2, 0) is 10.7 Å². The van der Waals surface area contributed by atoms with Gasteiger partial charge < -0.3 is 10.00 Å². The van der Waals surface area contributed by atoms with E-state index in [1.807, 2.05) is 0 Å². The van der Waals surface area contributed by atoms with Crippen LogP contribution in [0.4, 0.5) is 0 Å². The van der Waals surface area contributed by atoms with E-state index in [4.69, 9.17) is 15.5 Å². The van der Waals surface area contributed by atoms with Crippen LogP contribution in [0.5, 0.6) is 0 Å². The van der Waals surface area contributed by atoms with Crippen molar-refractivity contribution >= 4 is 19.3 Å². The number of hydrogen-bond donors (Lipinski definition) is 3. The average molecular weight is 256 g/mol. The quantitative estimate of drug-likeness (QED) is 0.662. The van der Waals surface area contributed by atoms with Crippen LogP contribution in [0, 0.1) is 0 Å². The van der Waals surface area contributed by atoms with E-state index < -0.39 is 13.5 Å². The zero-order valence-corrected chi connectivity index (χ0v) is 9.41. The molecule has 2 aromatic rings. The van der Waals surface area contributed by atoms with E-state index >= 15 is 0 Å². The van der Waals surface area contributed by atoms with Gasteiger partial charge in [0.2, 0.25) is 5.78 Å². The number of rotatable bonds is 3. The fourth-order valence-electron chi connectivity index (χ4n) is 1.37. The Balaban J connectivity index is 2.43. The maximum Gasteiger partial charge on any atom is 0.356 e. The molecule has 0 radical (unpaired) electrons. The molecule has 90 valence electrons. The van der Waals surface area contributed by atoms with Gasteiger partial charge in [-0.25, -0.2) is 14.8 Å². The van der Waals surface area contributed by atoms with E-state index in [2.05, 4.69) is 9.97 Å². The van der Waals surface area contributed by atoms with E-state index in [1.54, 1.807) is 0 Å². The molecule has 0 spiro atoms. The highest BCUT2D eigenvalue weighted by Gasteiger charge is 2.14. The van der Waals surface area contributed by atoms with Gasteiger partial charge in [0.15, 0.2) is 5.69 Å². The molecule has 1 atom stereocenters. The molecule has 0 aliphatic heterocycles. The summed E-state index contributed by atoms with van der Waals surface area (Å²) in [6.07, 6.45) is 3.85. The number of fused-ring (bicyclic) bond motifs is 1. The predicted octanol–water partition coefficient (Wildman–Crippen LogP) is 0.0716. The molecule has 0 fully saturated rings. The van der Waals surface area contributed by atoms with Crippen molar-refractivity contribution in [1.29, 1.82) is 0 Å². The summed E-state index contributed by atoms with van der Waals surface area (Å²) in [5, 5.41) is 8.73. The first-order chi connectivity index (χ1) is 7.85. The van der Waals surface area contributed by atoms with Crippen molar-refractivity contribution in [2.75, 3.05) is 0 Å². The van der Waals surface area contributed by atoms with Gasteiger partial charge in [0.25, 0.3) is 7.52 Å². The molecule has 0 bridgehead atoms. The van der Waals surface area contributed by atoms with Gasteiger partial charge in [0, 0.05) is 18.6 Å². The molecular weight excluding hydrogens is 247 g/mol. The van der Waals surface area contributed by atoms with Crippen molar-refractivity contribution < 1.29 is 19.4 Å². The van der Waals surface area contributed by atoms with Crippen LogP contribution >= 0.6 is 7.52 Å². The lowest BCUT2D eigenvalue weighted by Gasteiger charge is -2.04. The van der Waals surface area contributed by atoms with Crippen LogP contribution in [0.15, 0.2) is 18.6 Å². The summed E-state index contributed by atoms with van der Waals surface area (Å²) >= 11 is 0. The van der Waals surface area contributed by atoms with Crippen LogP contribution in [0.25, 0.3) is 5.78 Å². The second-order valence-electron chi connectivity index (χ2n) is 3.51. The Labute approximate surface area is 95.2 Å². The summed E-state index contributed by atoms with van der Waals surface area (Å²) in [5.41, 5.74) is 5.32. The van der Waals surface area contributed by atoms with Crippen molar-refractivity contribution in [3.05, 3.63) is 29.8 Å². The van der Waals surface area contributed by atoms with Crippen molar-refractivity contribution in [2.24, 2.45) is 5.50 Å². The number of nitrogens with zero attached hydrogens (tertiary/aromatic N) is 3. The molecule has 2 heterocycles. The van der Waals surface area contributed by atoms with Crippen LogP contribution in [0.3, 0.4) is 0 Å². The molecule has 0 saturated carbocycles. The highest BCUT2D eigenvalue weighted by molar-refractivity contribution is 7.54. The Kier molecular flexibility index (Phi) is 2.70. The van der Waals surface area contributed by atoms with E-state index in [9.17, 15) is 9.36 Å². The van der Waals surface area contributed by atoms with E-state index in [1.165, 1.54) is 23.0 Å². The first-order valence-electron chi connectivity index (χ1n) is 4.52. The number of nitrogens with two attached hydrogens (primary N) is 1. The predicted molar refractivity (Wildman–Crippen MR) is 57.7 cm³/mol. The Morgan fingerprint density at radius 3 is 2.82 bits per heavy atom. The molecule has 4 N–H and O–H groups in total. The van der Waals surface area contributed by atoms with Crippen LogP contribution in [0.1, 0.15) is 16.1 Å². The molecule has 2 rings (SSSR count). The van der Waals surface area contributed by atoms with Gasteiger partial charge in [-0.2, -0.15) is 0 Å². The molecular formula is C8H9N4O4P. The topological polar surface area (TPSA) is 131 Å². The lowest BCUT2D eigenvalue weighted by molar-refractivity contribution is 0.0691. The summed E-state index contributed by atoms with van der Waals surface area (Å²) in [7, 11) is -3.67. The number of carboxylic acid groups (broad SMARTS) is 1. The normalized spacial score (nSPS) is 14.7. The molecule has 0 amide bonds. The van der Waals surface area contributed by atoms with Crippen LogP contribution in [-0.4, -0.2) is 30.3 Å². The highest BCUT2D eigenvalue weighted by Crippen LogP contribution is 2.34. The SMILES string of the molecule is NP(=O)(O)Cc1cnc2nc(C(=O)O)cn2c1. The van der Waals surface area contributed by atoms with E-state index in [0.717, 1.165) is 0 Å². The first-order valence-corrected chi connectivity index (χ1v) is 6.44. The third-order valence-electron chi connectivity index (χ3n) is 1.99. The third kappa shape index (κ3) is 2.68. The third-order valence-corrected chi connectivity index (χ3v) is 2.81. The van der Waals surface area contributed by atoms with Crippen LogP contribution < -0.4 is 5.50 Å². The van der Waals surface area contributed by atoms with Gasteiger partial charge in [-0.1, -0.05) is 0 Å². The van der Waals surface area contributed by atoms with Crippen molar-refractivity contribution in [3.8, 4) is 0 Å². The largest absolute Gasteiger partial charge is 0.476 e. The standard InChI is InChI=1S/C8H9N4O4P/c9-17(15,16)4-5-1-10-8-11-6(7(13)14)3-12(8)2-5/h1-3H,4H2,(H,13,14)(H3,9,15,16). The molecule has 1 unspecified atom stereocenters. The fourth-order valence-corrected chi connectivity index (χ4v) is 2.06. The number of hydrogen-bond acceptors (Lipinski definition) is 4. The molecule has 0 saturated heterocycles. The lowest BCUT2D eigenvalue weighted by atomic mass is 10.4. The smallest absolute Gasteiger partial charge is 0.356 e. The van der Waals surface area contributed by atoms with Gasteiger partial charge in [-0.3, -0.25) is 14.5 Å². The summed E-state index contributed by atoms with van der Waals surface area (Å²) in [6.45, 7) is 0. The number of aromatic carboxylic acids is 1. The molecule has 9 heteroatoms. The Morgan fingerprint density at radius 2 is 2.24 bits per heavy atom. The summed E-state index contributed by atoms with van der Waals surface area (Å²) in [6, 6.07) is 0. The van der Waals surface area contributed by atoms with Gasteiger partial charge in [0.1, 0.15) is 0 Å². The molecule has 0 aliphatic carbocycles. The fraction of sp³-hybridized carbons (Fsp3) is 0.125. The minimum absolute atomic E-state index is 0.144. The number of aromatic nitrogens is 3. The maximum atomic E-state index is 11.0. The second kappa shape index (κ2) is 3.92. The lowest BCUT2D eigenvalue weighted by Crippen LogP contribution is -1.99. The van der Waals surface area contributed by atoms with Crippen LogP contribution in [0.2, 0.25) is 0 Å². The van der Waals surface area contributed by atoms with Crippen molar-refractivity contribution in [1.82, 2.24) is 14.4 Å². The van der Waals surface area contributed by atoms with Gasteiger partial charge in [-0.05, 0) is 5.56 Å². The van der Waals surface area contributed by atoms with Crippen molar-refractivity contribution in [3.63, 3.8) is 0 Å². The zero-order chi connectivity index (χ0) is 12.6. The van der Waals surface area contributed by atoms with Crippen molar-refractivity contribution in [2.45, 2.75) is 6.16 Å². The Hall–Kier alpha value is -1.76. The number of carbonyl (C=O) groups is 1. The van der Waals surface area contributed by atoms with Gasteiger partial charge >= 0.3 is 5.97 Å².